The van der Waals surface area contributed by atoms with E-state index < -0.39 is 23.4 Å². The Kier molecular flexibility index (Phi) is 2.17. The minimum absolute atomic E-state index is 0.247. The second kappa shape index (κ2) is 3.22. The summed E-state index contributed by atoms with van der Waals surface area (Å²) in [6.45, 7) is 3.86. The Morgan fingerprint density at radius 3 is 2.87 bits per heavy atom. The Balaban J connectivity index is 1.79. The van der Waals surface area contributed by atoms with Crippen molar-refractivity contribution in [3.8, 4) is 0 Å². The third-order valence-corrected chi connectivity index (χ3v) is 3.31. The molecule has 1 unspecified atom stereocenters. The molecule has 0 aliphatic carbocycles. The highest BCUT2D eigenvalue weighted by atomic mass is 32.2. The molecule has 0 N–H and O–H groups in total. The summed E-state index contributed by atoms with van der Waals surface area (Å²) < 4.78 is 37.7. The van der Waals surface area contributed by atoms with Gasteiger partial charge in [-0.15, -0.1) is 0 Å². The molecule has 3 aliphatic heterocycles. The number of hydrogen-bond acceptors (Lipinski definition) is 6. The normalized spacial score (nSPS) is 52.5. The molecule has 15 heavy (non-hydrogen) atoms. The van der Waals surface area contributed by atoms with E-state index in [1.807, 2.05) is 0 Å². The molecule has 5 atom stereocenters. The third kappa shape index (κ3) is 1.63. The summed E-state index contributed by atoms with van der Waals surface area (Å²) >= 11 is -1.70. The van der Waals surface area contributed by atoms with Crippen LogP contribution in [0.2, 0.25) is 0 Å². The van der Waals surface area contributed by atoms with Crippen LogP contribution in [-0.4, -0.2) is 41.2 Å². The maximum absolute atomic E-state index is 11.1. The molecule has 0 radical (unpaired) electrons. The Hall–Kier alpha value is -0.0500. The molecule has 3 heterocycles. The predicted molar refractivity (Wildman–Crippen MR) is 47.7 cm³/mol. The highest BCUT2D eigenvalue weighted by Gasteiger charge is 2.57. The summed E-state index contributed by atoms with van der Waals surface area (Å²) in [4.78, 5) is 0. The van der Waals surface area contributed by atoms with Crippen LogP contribution in [0.15, 0.2) is 0 Å². The van der Waals surface area contributed by atoms with E-state index in [4.69, 9.17) is 22.6 Å². The lowest BCUT2D eigenvalue weighted by Gasteiger charge is -2.27. The van der Waals surface area contributed by atoms with E-state index >= 15 is 0 Å². The second-order valence-corrected chi connectivity index (χ2v) is 5.03. The molecule has 0 aromatic heterocycles. The monoisotopic (exact) mass is 236 g/mol. The first-order valence-electron chi connectivity index (χ1n) is 4.78. The van der Waals surface area contributed by atoms with E-state index in [1.54, 1.807) is 13.8 Å². The van der Waals surface area contributed by atoms with Crippen LogP contribution in [-0.2, 0) is 33.9 Å². The Morgan fingerprint density at radius 1 is 1.27 bits per heavy atom. The van der Waals surface area contributed by atoms with Crippen molar-refractivity contribution in [3.63, 3.8) is 0 Å². The molecule has 0 amide bonds. The van der Waals surface area contributed by atoms with E-state index in [2.05, 4.69) is 0 Å². The molecule has 0 aromatic rings. The summed E-state index contributed by atoms with van der Waals surface area (Å²) in [5.74, 6) is -0.677. The molecular formula is C8H12O6S. The number of hydrogen-bond donors (Lipinski definition) is 0. The highest BCUT2D eigenvalue weighted by molar-refractivity contribution is 7.75. The van der Waals surface area contributed by atoms with E-state index in [-0.39, 0.29) is 24.9 Å². The molecular weight excluding hydrogens is 224 g/mol. The van der Waals surface area contributed by atoms with Gasteiger partial charge in [0.1, 0.15) is 18.3 Å². The van der Waals surface area contributed by atoms with Crippen molar-refractivity contribution in [1.29, 1.82) is 0 Å². The van der Waals surface area contributed by atoms with Gasteiger partial charge in [-0.05, 0) is 13.8 Å². The van der Waals surface area contributed by atoms with Crippen molar-refractivity contribution in [2.75, 3.05) is 6.61 Å². The summed E-state index contributed by atoms with van der Waals surface area (Å²) in [7, 11) is 0. The molecule has 0 aromatic carbocycles. The van der Waals surface area contributed by atoms with Crippen LogP contribution in [0, 0.1) is 0 Å². The smallest absolute Gasteiger partial charge is 0.305 e. The predicted octanol–water partition coefficient (Wildman–Crippen LogP) is -0.143. The quantitative estimate of drug-likeness (QED) is 0.583. The molecule has 0 saturated carbocycles. The molecule has 3 aliphatic rings. The summed E-state index contributed by atoms with van der Waals surface area (Å²) in [5, 5.41) is 0. The summed E-state index contributed by atoms with van der Waals surface area (Å²) in [6, 6.07) is 0. The lowest BCUT2D eigenvalue weighted by atomic mass is 10.1. The van der Waals surface area contributed by atoms with E-state index in [9.17, 15) is 4.21 Å². The molecule has 6 nitrogen and oxygen atoms in total. The van der Waals surface area contributed by atoms with Gasteiger partial charge in [0, 0.05) is 0 Å². The SMILES string of the molecule is CC1(C)O[C@H]2O[C@@H]3COS(=O)O[C@@H]3[C@H]2O1. The van der Waals surface area contributed by atoms with Crippen molar-refractivity contribution in [2.45, 2.75) is 44.2 Å². The average molecular weight is 236 g/mol. The van der Waals surface area contributed by atoms with Crippen LogP contribution in [0.25, 0.3) is 0 Å². The van der Waals surface area contributed by atoms with Crippen molar-refractivity contribution >= 4 is 11.4 Å². The largest absolute Gasteiger partial charge is 0.341 e. The molecule has 86 valence electrons. The van der Waals surface area contributed by atoms with Gasteiger partial charge in [-0.25, -0.2) is 0 Å². The van der Waals surface area contributed by atoms with Crippen LogP contribution in [0.1, 0.15) is 13.8 Å². The maximum atomic E-state index is 11.1. The molecule has 0 spiro atoms. The van der Waals surface area contributed by atoms with Crippen LogP contribution < -0.4 is 0 Å². The first-order chi connectivity index (χ1) is 7.05. The van der Waals surface area contributed by atoms with E-state index in [1.165, 1.54) is 0 Å². The molecule has 0 bridgehead atoms. The van der Waals surface area contributed by atoms with Crippen molar-refractivity contribution in [1.82, 2.24) is 0 Å². The Bertz CT molecular complexity index is 306. The van der Waals surface area contributed by atoms with Crippen LogP contribution >= 0.6 is 0 Å². The zero-order valence-corrected chi connectivity index (χ0v) is 9.19. The van der Waals surface area contributed by atoms with E-state index in [0.29, 0.717) is 0 Å². The zero-order chi connectivity index (χ0) is 10.6. The van der Waals surface area contributed by atoms with Crippen molar-refractivity contribution in [3.05, 3.63) is 0 Å². The fourth-order valence-corrected chi connectivity index (χ4v) is 2.75. The van der Waals surface area contributed by atoms with Gasteiger partial charge in [0.15, 0.2) is 12.1 Å². The van der Waals surface area contributed by atoms with Gasteiger partial charge < -0.3 is 14.2 Å². The zero-order valence-electron chi connectivity index (χ0n) is 8.37. The van der Waals surface area contributed by atoms with Gasteiger partial charge >= 0.3 is 11.4 Å². The minimum Gasteiger partial charge on any atom is -0.341 e. The lowest BCUT2D eigenvalue weighted by molar-refractivity contribution is -0.218. The van der Waals surface area contributed by atoms with Gasteiger partial charge in [-0.2, -0.15) is 4.21 Å². The number of rotatable bonds is 0. The maximum Gasteiger partial charge on any atom is 0.305 e. The first-order valence-corrected chi connectivity index (χ1v) is 5.78. The summed E-state index contributed by atoms with van der Waals surface area (Å²) in [6.07, 6.45) is -1.40. The number of fused-ring (bicyclic) bond motifs is 3. The van der Waals surface area contributed by atoms with Crippen LogP contribution in [0.4, 0.5) is 0 Å². The highest BCUT2D eigenvalue weighted by Crippen LogP contribution is 2.40. The molecule has 7 heteroatoms. The minimum atomic E-state index is -1.70. The van der Waals surface area contributed by atoms with Gasteiger partial charge in [-0.3, -0.25) is 8.37 Å². The van der Waals surface area contributed by atoms with Crippen LogP contribution in [0.3, 0.4) is 0 Å². The van der Waals surface area contributed by atoms with Crippen molar-refractivity contribution < 1.29 is 26.8 Å². The van der Waals surface area contributed by atoms with Gasteiger partial charge in [0.25, 0.3) is 0 Å². The number of ether oxygens (including phenoxy) is 3. The topological polar surface area (TPSA) is 63.2 Å². The second-order valence-electron chi connectivity index (χ2n) is 4.19. The lowest BCUT2D eigenvalue weighted by Crippen LogP contribution is -2.43. The fourth-order valence-electron chi connectivity index (χ4n) is 2.04. The van der Waals surface area contributed by atoms with Crippen molar-refractivity contribution in [2.24, 2.45) is 0 Å². The molecule has 3 rings (SSSR count). The molecule has 3 saturated heterocycles. The van der Waals surface area contributed by atoms with Gasteiger partial charge in [-0.1, -0.05) is 0 Å². The van der Waals surface area contributed by atoms with Gasteiger partial charge in [0.05, 0.1) is 6.61 Å². The standard InChI is InChI=1S/C8H12O6S/c1-8(2)12-6-5-4(11-7(6)13-8)3-10-15(9)14-5/h4-7H,3H2,1-2H3/t4-,5+,6-,7-,15?/m1/s1. The van der Waals surface area contributed by atoms with Gasteiger partial charge in [0.2, 0.25) is 0 Å². The van der Waals surface area contributed by atoms with Crippen LogP contribution in [0.5, 0.6) is 0 Å². The van der Waals surface area contributed by atoms with E-state index in [0.717, 1.165) is 0 Å². The fraction of sp³-hybridized carbons (Fsp3) is 1.00. The Labute approximate surface area is 89.6 Å². The third-order valence-electron chi connectivity index (χ3n) is 2.61. The average Bonchev–Trinajstić information content (AvgIpc) is 2.58. The first kappa shape index (κ1) is 10.1. The Morgan fingerprint density at radius 2 is 2.07 bits per heavy atom. The summed E-state index contributed by atoms with van der Waals surface area (Å²) in [5.41, 5.74) is 0. The molecule has 3 fully saturated rings.